The largest absolute Gasteiger partial charge is 0.469 e. The highest BCUT2D eigenvalue weighted by Gasteiger charge is 2.48. The second-order valence-electron chi connectivity index (χ2n) is 9.38. The van der Waals surface area contributed by atoms with Crippen molar-refractivity contribution in [3.05, 3.63) is 72.3 Å². The Morgan fingerprint density at radius 1 is 1.03 bits per heavy atom. The Balaban J connectivity index is 1.93. The van der Waals surface area contributed by atoms with Gasteiger partial charge in [-0.05, 0) is 69.9 Å². The minimum atomic E-state index is -1.22. The maximum atomic E-state index is 15.7. The second kappa shape index (κ2) is 9.25. The average molecular weight is 439 g/mol. The van der Waals surface area contributed by atoms with Gasteiger partial charge in [-0.2, -0.15) is 0 Å². The summed E-state index contributed by atoms with van der Waals surface area (Å²) in [6, 6.07) is 21.0. The maximum absolute atomic E-state index is 15.7. The predicted octanol–water partition coefficient (Wildman–Crippen LogP) is 5.77. The predicted molar refractivity (Wildman–Crippen MR) is 127 cm³/mol. The summed E-state index contributed by atoms with van der Waals surface area (Å²) in [5.74, 6) is -0.212. The molecule has 3 aliphatic carbocycles. The van der Waals surface area contributed by atoms with Gasteiger partial charge in [-0.1, -0.05) is 72.3 Å². The molecule has 0 aromatic heterocycles. The molecule has 31 heavy (non-hydrogen) atoms. The summed E-state index contributed by atoms with van der Waals surface area (Å²) in [7, 11) is 0.607. The number of allylic oxidation sites excluding steroid dienone is 2. The van der Waals surface area contributed by atoms with Gasteiger partial charge >= 0.3 is 5.97 Å². The van der Waals surface area contributed by atoms with Gasteiger partial charge in [-0.3, -0.25) is 4.79 Å². The molecule has 0 aliphatic heterocycles. The van der Waals surface area contributed by atoms with Crippen LogP contribution in [0.25, 0.3) is 0 Å². The van der Waals surface area contributed by atoms with Crippen LogP contribution in [0.2, 0.25) is 0 Å². The van der Waals surface area contributed by atoms with E-state index in [2.05, 4.69) is 61.5 Å². The van der Waals surface area contributed by atoms with E-state index >= 15 is 4.39 Å². The van der Waals surface area contributed by atoms with Crippen LogP contribution in [-0.2, 0) is 9.53 Å². The van der Waals surface area contributed by atoms with Gasteiger partial charge in [0.25, 0.3) is 0 Å². The Bertz CT molecular complexity index is 885. The lowest BCUT2D eigenvalue weighted by Gasteiger charge is -2.46. The van der Waals surface area contributed by atoms with Crippen LogP contribution < -0.4 is 10.6 Å². The maximum Gasteiger partial charge on any atom is 0.309 e. The fourth-order valence-corrected chi connectivity index (χ4v) is 8.94. The van der Waals surface area contributed by atoms with Crippen molar-refractivity contribution >= 4 is 24.5 Å². The van der Waals surface area contributed by atoms with Crippen molar-refractivity contribution in [2.75, 3.05) is 7.11 Å². The molecule has 2 aromatic rings. The van der Waals surface area contributed by atoms with Crippen molar-refractivity contribution in [1.82, 2.24) is 0 Å². The van der Waals surface area contributed by atoms with E-state index in [9.17, 15) is 4.79 Å². The first-order chi connectivity index (χ1) is 14.9. The summed E-state index contributed by atoms with van der Waals surface area (Å²) in [6.45, 7) is 3.90. The Kier molecular flexibility index (Phi) is 6.63. The smallest absolute Gasteiger partial charge is 0.309 e. The first kappa shape index (κ1) is 22.2. The molecule has 0 N–H and O–H groups in total. The Labute approximate surface area is 186 Å². The first-order valence-electron chi connectivity index (χ1n) is 11.2. The average Bonchev–Trinajstić information content (AvgIpc) is 2.76. The third-order valence-electron chi connectivity index (χ3n) is 7.00. The SMILES string of the molecule is COC(=O)[C@H]1CC2CC=C(C)C(CC(C)(F)C2)C1P(c1ccccc1)c1ccccc1. The van der Waals surface area contributed by atoms with Crippen LogP contribution in [0.5, 0.6) is 0 Å². The minimum absolute atomic E-state index is 0.00155. The molecule has 0 radical (unpaired) electrons. The zero-order valence-corrected chi connectivity index (χ0v) is 19.5. The van der Waals surface area contributed by atoms with E-state index in [1.165, 1.54) is 23.3 Å². The summed E-state index contributed by atoms with van der Waals surface area (Å²) < 4.78 is 21.1. The van der Waals surface area contributed by atoms with Crippen LogP contribution in [0.1, 0.15) is 39.5 Å². The van der Waals surface area contributed by atoms with Gasteiger partial charge in [0.15, 0.2) is 0 Å². The van der Waals surface area contributed by atoms with Crippen molar-refractivity contribution in [2.24, 2.45) is 17.8 Å². The Morgan fingerprint density at radius 2 is 1.61 bits per heavy atom. The van der Waals surface area contributed by atoms with Gasteiger partial charge in [0.05, 0.1) is 13.0 Å². The molecule has 2 aromatic carbocycles. The van der Waals surface area contributed by atoms with E-state index in [-0.39, 0.29) is 29.4 Å². The van der Waals surface area contributed by atoms with E-state index in [0.717, 1.165) is 6.42 Å². The number of methoxy groups -OCH3 is 1. The second-order valence-corrected chi connectivity index (χ2v) is 11.7. The van der Waals surface area contributed by atoms with Crippen LogP contribution in [0.4, 0.5) is 4.39 Å². The number of ether oxygens (including phenoxy) is 1. The van der Waals surface area contributed by atoms with Gasteiger partial charge in [0.1, 0.15) is 5.67 Å². The van der Waals surface area contributed by atoms with Gasteiger partial charge in [-0.25, -0.2) is 4.39 Å². The lowest BCUT2D eigenvalue weighted by atomic mass is 9.69. The van der Waals surface area contributed by atoms with Crippen molar-refractivity contribution in [3.8, 4) is 0 Å². The number of rotatable bonds is 4. The molecular weight excluding hydrogens is 406 g/mol. The van der Waals surface area contributed by atoms with E-state index in [1.807, 2.05) is 12.1 Å². The molecule has 3 aliphatic rings. The summed E-state index contributed by atoms with van der Waals surface area (Å²) >= 11 is 0. The van der Waals surface area contributed by atoms with Crippen molar-refractivity contribution < 1.29 is 13.9 Å². The molecule has 0 heterocycles. The third kappa shape index (κ3) is 4.77. The Morgan fingerprint density at radius 3 is 2.16 bits per heavy atom. The standard InChI is InChI=1S/C27H32FO2P/c1-19-14-15-20-16-23(26(29)30-3)25(24(19)18-27(2,28)17-20)31(21-10-6-4-7-11-21)22-12-8-5-9-13-22/h4-14,20,23-25H,15-18H2,1-3H3/t20?,23-,24?,25?,27?/m0/s1. The van der Waals surface area contributed by atoms with E-state index < -0.39 is 13.6 Å². The molecule has 1 fully saturated rings. The molecular formula is C27H32FO2P. The molecule has 164 valence electrons. The normalized spacial score (nSPS) is 30.8. The number of carbonyl (C=O) groups is 1. The molecule has 4 unspecified atom stereocenters. The number of fused-ring (bicyclic) bond motifs is 5. The zero-order chi connectivity index (χ0) is 22.0. The van der Waals surface area contributed by atoms with Crippen molar-refractivity contribution in [2.45, 2.75) is 50.9 Å². The van der Waals surface area contributed by atoms with Crippen LogP contribution in [0.15, 0.2) is 72.3 Å². The molecule has 5 atom stereocenters. The van der Waals surface area contributed by atoms with E-state index in [0.29, 0.717) is 19.3 Å². The van der Waals surface area contributed by atoms with E-state index in [1.54, 1.807) is 6.92 Å². The van der Waals surface area contributed by atoms with Gasteiger partial charge in [0, 0.05) is 5.66 Å². The Hall–Kier alpha value is -1.99. The monoisotopic (exact) mass is 438 g/mol. The highest BCUT2D eigenvalue weighted by atomic mass is 31.1. The highest BCUT2D eigenvalue weighted by Crippen LogP contribution is 2.55. The highest BCUT2D eigenvalue weighted by molar-refractivity contribution is 7.73. The molecule has 0 amide bonds. The lowest BCUT2D eigenvalue weighted by Crippen LogP contribution is -2.45. The number of hydrogen-bond donors (Lipinski definition) is 0. The number of alkyl halides is 1. The molecule has 2 nitrogen and oxygen atoms in total. The van der Waals surface area contributed by atoms with Crippen molar-refractivity contribution in [1.29, 1.82) is 0 Å². The third-order valence-corrected chi connectivity index (χ3v) is 10.0. The van der Waals surface area contributed by atoms with Crippen molar-refractivity contribution in [3.63, 3.8) is 0 Å². The van der Waals surface area contributed by atoms with E-state index in [4.69, 9.17) is 4.74 Å². The first-order valence-corrected chi connectivity index (χ1v) is 12.6. The van der Waals surface area contributed by atoms with Crippen LogP contribution in [0, 0.1) is 17.8 Å². The molecule has 1 saturated carbocycles. The summed E-state index contributed by atoms with van der Waals surface area (Å²) in [5, 5.41) is 2.47. The topological polar surface area (TPSA) is 26.3 Å². The molecule has 0 saturated heterocycles. The molecule has 5 rings (SSSR count). The van der Waals surface area contributed by atoms with Gasteiger partial charge in [0.2, 0.25) is 0 Å². The fourth-order valence-electron chi connectivity index (χ4n) is 5.66. The number of carbonyl (C=O) groups excluding carboxylic acids is 1. The molecule has 0 spiro atoms. The minimum Gasteiger partial charge on any atom is -0.469 e. The quantitative estimate of drug-likeness (QED) is 0.344. The van der Waals surface area contributed by atoms with Crippen LogP contribution >= 0.6 is 7.92 Å². The summed E-state index contributed by atoms with van der Waals surface area (Å²) in [6.07, 6.45) is 4.82. The summed E-state index contributed by atoms with van der Waals surface area (Å²) in [4.78, 5) is 13.2. The lowest BCUT2D eigenvalue weighted by molar-refractivity contribution is -0.147. The number of esters is 1. The number of benzene rings is 2. The zero-order valence-electron chi connectivity index (χ0n) is 18.6. The number of hydrogen-bond acceptors (Lipinski definition) is 2. The number of halogens is 1. The summed E-state index contributed by atoms with van der Waals surface area (Å²) in [5.41, 5.74) is 0.00619. The molecule has 4 heteroatoms. The fraction of sp³-hybridized carbons (Fsp3) is 0.444. The molecule has 2 bridgehead atoms. The van der Waals surface area contributed by atoms with Crippen LogP contribution in [-0.4, -0.2) is 24.4 Å². The van der Waals surface area contributed by atoms with Crippen LogP contribution in [0.3, 0.4) is 0 Å². The van der Waals surface area contributed by atoms with Gasteiger partial charge in [-0.15, -0.1) is 0 Å². The van der Waals surface area contributed by atoms with Gasteiger partial charge < -0.3 is 4.74 Å².